The molecular weight excluding hydrogens is 228 g/mol. The number of nitrogens with zero attached hydrogens (tertiary/aromatic N) is 3. The second kappa shape index (κ2) is 5.29. The highest BCUT2D eigenvalue weighted by Crippen LogP contribution is 2.21. The molecule has 18 heavy (non-hydrogen) atoms. The molecule has 0 aliphatic rings. The van der Waals surface area contributed by atoms with Crippen LogP contribution in [0.15, 0.2) is 36.5 Å². The fourth-order valence-corrected chi connectivity index (χ4v) is 1.88. The van der Waals surface area contributed by atoms with Crippen molar-refractivity contribution in [3.63, 3.8) is 0 Å². The number of aliphatic hydroxyl groups is 1. The molecule has 0 saturated carbocycles. The van der Waals surface area contributed by atoms with Gasteiger partial charge in [0.15, 0.2) is 0 Å². The Morgan fingerprint density at radius 3 is 2.72 bits per heavy atom. The third kappa shape index (κ3) is 2.94. The van der Waals surface area contributed by atoms with Gasteiger partial charge in [0.05, 0.1) is 12.2 Å². The van der Waals surface area contributed by atoms with E-state index in [-0.39, 0.29) is 0 Å². The molecule has 1 aromatic heterocycles. The fraction of sp³-hybridized carbons (Fsp3) is 0.385. The van der Waals surface area contributed by atoms with Crippen LogP contribution in [0.25, 0.3) is 0 Å². The lowest BCUT2D eigenvalue weighted by Gasteiger charge is -2.23. The van der Waals surface area contributed by atoms with Gasteiger partial charge in [0.2, 0.25) is 0 Å². The molecule has 2 aromatic rings. The minimum Gasteiger partial charge on any atom is -0.384 e. The maximum Gasteiger partial charge on any atom is 0.106 e. The van der Waals surface area contributed by atoms with E-state index >= 15 is 0 Å². The van der Waals surface area contributed by atoms with Crippen LogP contribution >= 0.6 is 0 Å². The SMILES string of the molecule is CNCc1cn(CC(C)(O)c2ccccc2)nn1. The maximum absolute atomic E-state index is 10.5. The third-order valence-corrected chi connectivity index (χ3v) is 2.81. The molecule has 1 aromatic carbocycles. The summed E-state index contributed by atoms with van der Waals surface area (Å²) in [4.78, 5) is 0. The van der Waals surface area contributed by atoms with Gasteiger partial charge in [-0.2, -0.15) is 0 Å². The van der Waals surface area contributed by atoms with Crippen LogP contribution in [0.3, 0.4) is 0 Å². The van der Waals surface area contributed by atoms with Crippen LogP contribution < -0.4 is 5.32 Å². The topological polar surface area (TPSA) is 63.0 Å². The predicted octanol–water partition coefficient (Wildman–Crippen LogP) is 0.905. The van der Waals surface area contributed by atoms with Crippen molar-refractivity contribution < 1.29 is 5.11 Å². The van der Waals surface area contributed by atoms with Gasteiger partial charge >= 0.3 is 0 Å². The van der Waals surface area contributed by atoms with E-state index in [1.54, 1.807) is 11.6 Å². The normalized spacial score (nSPS) is 14.4. The minimum atomic E-state index is -0.953. The van der Waals surface area contributed by atoms with Crippen LogP contribution in [0.4, 0.5) is 0 Å². The van der Waals surface area contributed by atoms with Gasteiger partial charge in [-0.05, 0) is 19.5 Å². The molecule has 0 bridgehead atoms. The molecular formula is C13H18N4O. The first-order valence-electron chi connectivity index (χ1n) is 5.93. The Morgan fingerprint density at radius 2 is 2.06 bits per heavy atom. The molecule has 2 N–H and O–H groups in total. The van der Waals surface area contributed by atoms with Gasteiger partial charge in [-0.15, -0.1) is 5.10 Å². The van der Waals surface area contributed by atoms with Crippen molar-refractivity contribution in [1.29, 1.82) is 0 Å². The Morgan fingerprint density at radius 1 is 1.33 bits per heavy atom. The van der Waals surface area contributed by atoms with Crippen LogP contribution in [0.1, 0.15) is 18.2 Å². The fourth-order valence-electron chi connectivity index (χ4n) is 1.88. The monoisotopic (exact) mass is 246 g/mol. The number of rotatable bonds is 5. The largest absolute Gasteiger partial charge is 0.384 e. The van der Waals surface area contributed by atoms with Gasteiger partial charge < -0.3 is 10.4 Å². The standard InChI is InChI=1S/C13H18N4O/c1-13(18,11-6-4-3-5-7-11)10-17-9-12(8-14-2)15-16-17/h3-7,9,14,18H,8,10H2,1-2H3. The maximum atomic E-state index is 10.5. The Labute approximate surface area is 106 Å². The molecule has 0 radical (unpaired) electrons. The Hall–Kier alpha value is -1.72. The van der Waals surface area contributed by atoms with E-state index in [4.69, 9.17) is 0 Å². The molecule has 0 fully saturated rings. The van der Waals surface area contributed by atoms with E-state index in [1.807, 2.05) is 43.6 Å². The molecule has 5 heteroatoms. The van der Waals surface area contributed by atoms with Gasteiger partial charge in [0.25, 0.3) is 0 Å². The molecule has 96 valence electrons. The van der Waals surface area contributed by atoms with Crippen LogP contribution in [0.5, 0.6) is 0 Å². The van der Waals surface area contributed by atoms with Crippen molar-refractivity contribution in [2.75, 3.05) is 7.05 Å². The Kier molecular flexibility index (Phi) is 3.74. The second-order valence-corrected chi connectivity index (χ2v) is 4.58. The van der Waals surface area contributed by atoms with Crippen molar-refractivity contribution in [1.82, 2.24) is 20.3 Å². The van der Waals surface area contributed by atoms with E-state index in [9.17, 15) is 5.11 Å². The van der Waals surface area contributed by atoms with E-state index in [0.29, 0.717) is 13.1 Å². The zero-order valence-electron chi connectivity index (χ0n) is 10.7. The smallest absolute Gasteiger partial charge is 0.106 e. The van der Waals surface area contributed by atoms with Crippen molar-refractivity contribution >= 4 is 0 Å². The van der Waals surface area contributed by atoms with Crippen LogP contribution in [0.2, 0.25) is 0 Å². The Balaban J connectivity index is 2.12. The van der Waals surface area contributed by atoms with Crippen LogP contribution in [0, 0.1) is 0 Å². The second-order valence-electron chi connectivity index (χ2n) is 4.58. The number of nitrogens with one attached hydrogen (secondary N) is 1. The van der Waals surface area contributed by atoms with Gasteiger partial charge in [0, 0.05) is 12.7 Å². The van der Waals surface area contributed by atoms with E-state index < -0.39 is 5.60 Å². The van der Waals surface area contributed by atoms with Gasteiger partial charge in [0.1, 0.15) is 5.60 Å². The molecule has 5 nitrogen and oxygen atoms in total. The molecule has 0 saturated heterocycles. The summed E-state index contributed by atoms with van der Waals surface area (Å²) in [5.74, 6) is 0. The molecule has 1 heterocycles. The molecule has 2 rings (SSSR count). The number of aromatic nitrogens is 3. The molecule has 0 aliphatic carbocycles. The lowest BCUT2D eigenvalue weighted by atomic mass is 9.96. The number of hydrogen-bond acceptors (Lipinski definition) is 4. The third-order valence-electron chi connectivity index (χ3n) is 2.81. The van der Waals surface area contributed by atoms with Gasteiger partial charge in [-0.3, -0.25) is 0 Å². The first-order valence-corrected chi connectivity index (χ1v) is 5.93. The highest BCUT2D eigenvalue weighted by Gasteiger charge is 2.24. The first-order chi connectivity index (χ1) is 8.62. The highest BCUT2D eigenvalue weighted by molar-refractivity contribution is 5.21. The molecule has 0 amide bonds. The summed E-state index contributed by atoms with van der Waals surface area (Å²) in [5.41, 5.74) is 0.781. The summed E-state index contributed by atoms with van der Waals surface area (Å²) in [7, 11) is 1.86. The summed E-state index contributed by atoms with van der Waals surface area (Å²) in [6, 6.07) is 9.58. The van der Waals surface area contributed by atoms with E-state index in [2.05, 4.69) is 15.6 Å². The quantitative estimate of drug-likeness (QED) is 0.823. The van der Waals surface area contributed by atoms with Crippen molar-refractivity contribution in [2.24, 2.45) is 0 Å². The first kappa shape index (κ1) is 12.7. The lowest BCUT2D eigenvalue weighted by Crippen LogP contribution is -2.28. The van der Waals surface area contributed by atoms with Crippen LogP contribution in [-0.2, 0) is 18.7 Å². The number of benzene rings is 1. The van der Waals surface area contributed by atoms with Crippen LogP contribution in [-0.4, -0.2) is 27.1 Å². The minimum absolute atomic E-state index is 0.383. The zero-order chi connectivity index (χ0) is 13.0. The summed E-state index contributed by atoms with van der Waals surface area (Å²) in [6.07, 6.45) is 1.84. The van der Waals surface area contributed by atoms with Gasteiger partial charge in [-0.25, -0.2) is 4.68 Å². The molecule has 1 atom stereocenters. The summed E-state index contributed by atoms with van der Waals surface area (Å²) in [5, 5.41) is 21.5. The molecule has 1 unspecified atom stereocenters. The highest BCUT2D eigenvalue weighted by atomic mass is 16.3. The molecule has 0 spiro atoms. The summed E-state index contributed by atoms with van der Waals surface area (Å²) < 4.78 is 1.67. The average molecular weight is 246 g/mol. The zero-order valence-corrected chi connectivity index (χ0v) is 10.7. The van der Waals surface area contributed by atoms with Crippen molar-refractivity contribution in [3.05, 3.63) is 47.8 Å². The summed E-state index contributed by atoms with van der Waals surface area (Å²) >= 11 is 0. The number of hydrogen-bond donors (Lipinski definition) is 2. The summed E-state index contributed by atoms with van der Waals surface area (Å²) in [6.45, 7) is 2.84. The Bertz CT molecular complexity index is 493. The average Bonchev–Trinajstić information content (AvgIpc) is 2.77. The van der Waals surface area contributed by atoms with Crippen molar-refractivity contribution in [2.45, 2.75) is 25.6 Å². The predicted molar refractivity (Wildman–Crippen MR) is 68.8 cm³/mol. The van der Waals surface area contributed by atoms with Gasteiger partial charge in [-0.1, -0.05) is 35.5 Å². The lowest BCUT2D eigenvalue weighted by molar-refractivity contribution is 0.0341. The molecule has 0 aliphatic heterocycles. The van der Waals surface area contributed by atoms with Crippen molar-refractivity contribution in [3.8, 4) is 0 Å². The van der Waals surface area contributed by atoms with E-state index in [1.165, 1.54) is 0 Å². The van der Waals surface area contributed by atoms with E-state index in [0.717, 1.165) is 11.3 Å².